The fourth-order valence-electron chi connectivity index (χ4n) is 2.02. The summed E-state index contributed by atoms with van der Waals surface area (Å²) in [6.07, 6.45) is 4.59. The third-order valence-corrected chi connectivity index (χ3v) is 3.01. The second-order valence-corrected chi connectivity index (χ2v) is 4.48. The normalized spacial score (nSPS) is 26.2. The molecular formula is C13H22N2O4. The molecule has 1 fully saturated rings. The molecule has 0 aromatic carbocycles. The lowest BCUT2D eigenvalue weighted by molar-refractivity contribution is -0.0702. The lowest BCUT2D eigenvalue weighted by atomic mass is 10.0. The summed E-state index contributed by atoms with van der Waals surface area (Å²) in [7, 11) is 1.65. The highest BCUT2D eigenvalue weighted by Crippen LogP contribution is 2.21. The van der Waals surface area contributed by atoms with Crippen LogP contribution in [0.5, 0.6) is 0 Å². The van der Waals surface area contributed by atoms with E-state index in [9.17, 15) is 0 Å². The maximum Gasteiger partial charge on any atom is 0.143 e. The predicted octanol–water partition coefficient (Wildman–Crippen LogP) is 0.111. The maximum absolute atomic E-state index is 5.73. The van der Waals surface area contributed by atoms with E-state index in [1.807, 2.05) is 12.2 Å². The minimum Gasteiger partial charge on any atom is -0.492 e. The number of nitrogens with one attached hydrogen (secondary N) is 1. The summed E-state index contributed by atoms with van der Waals surface area (Å²) in [6, 6.07) is 0.167. The van der Waals surface area contributed by atoms with Gasteiger partial charge in [-0.15, -0.1) is 0 Å². The second-order valence-electron chi connectivity index (χ2n) is 4.48. The monoisotopic (exact) mass is 270 g/mol. The summed E-state index contributed by atoms with van der Waals surface area (Å²) in [5, 5.41) is 3.38. The Morgan fingerprint density at radius 1 is 1.37 bits per heavy atom. The van der Waals surface area contributed by atoms with Crippen LogP contribution in [0.1, 0.15) is 6.42 Å². The van der Waals surface area contributed by atoms with E-state index >= 15 is 0 Å². The molecule has 0 aromatic heterocycles. The Bertz CT molecular complexity index is 344. The van der Waals surface area contributed by atoms with Gasteiger partial charge in [0.2, 0.25) is 0 Å². The Morgan fingerprint density at radius 2 is 2.21 bits per heavy atom. The molecule has 3 N–H and O–H groups in total. The largest absolute Gasteiger partial charge is 0.492 e. The van der Waals surface area contributed by atoms with Crippen LogP contribution in [-0.2, 0) is 18.9 Å². The smallest absolute Gasteiger partial charge is 0.143 e. The van der Waals surface area contributed by atoms with Gasteiger partial charge in [-0.05, 0) is 6.42 Å². The second kappa shape index (κ2) is 7.49. The van der Waals surface area contributed by atoms with E-state index in [4.69, 9.17) is 24.7 Å². The molecule has 1 heterocycles. The number of rotatable bonds is 7. The molecule has 1 unspecified atom stereocenters. The molecule has 6 nitrogen and oxygen atoms in total. The minimum atomic E-state index is -0.0964. The summed E-state index contributed by atoms with van der Waals surface area (Å²) in [6.45, 7) is 2.78. The van der Waals surface area contributed by atoms with E-state index in [0.29, 0.717) is 33.0 Å². The average molecular weight is 270 g/mol. The van der Waals surface area contributed by atoms with Gasteiger partial charge in [0.05, 0.1) is 32.5 Å². The molecule has 2 atom stereocenters. The maximum atomic E-state index is 5.73. The van der Waals surface area contributed by atoms with Crippen molar-refractivity contribution in [3.05, 3.63) is 23.6 Å². The third kappa shape index (κ3) is 4.50. The van der Waals surface area contributed by atoms with Gasteiger partial charge in [-0.3, -0.25) is 5.32 Å². The average Bonchev–Trinajstić information content (AvgIpc) is 2.43. The number of morpholine rings is 1. The van der Waals surface area contributed by atoms with Crippen molar-refractivity contribution < 1.29 is 18.9 Å². The molecule has 6 heteroatoms. The fourth-order valence-corrected chi connectivity index (χ4v) is 2.02. The van der Waals surface area contributed by atoms with Gasteiger partial charge in [-0.2, -0.15) is 0 Å². The van der Waals surface area contributed by atoms with E-state index in [2.05, 4.69) is 5.32 Å². The van der Waals surface area contributed by atoms with E-state index in [1.165, 1.54) is 0 Å². The van der Waals surface area contributed by atoms with E-state index in [1.54, 1.807) is 7.11 Å². The molecule has 0 saturated carbocycles. The highest BCUT2D eigenvalue weighted by Gasteiger charge is 2.27. The number of nitrogens with two attached hydrogens (primary N) is 1. The zero-order valence-corrected chi connectivity index (χ0v) is 11.3. The van der Waals surface area contributed by atoms with Crippen LogP contribution in [0.2, 0.25) is 0 Å². The first-order chi connectivity index (χ1) is 9.29. The zero-order chi connectivity index (χ0) is 13.5. The van der Waals surface area contributed by atoms with Crippen molar-refractivity contribution in [3.63, 3.8) is 0 Å². The molecule has 0 spiro atoms. The van der Waals surface area contributed by atoms with E-state index in [-0.39, 0.29) is 12.3 Å². The lowest BCUT2D eigenvalue weighted by Gasteiger charge is -2.34. The van der Waals surface area contributed by atoms with Crippen molar-refractivity contribution >= 4 is 0 Å². The topological polar surface area (TPSA) is 75.0 Å². The van der Waals surface area contributed by atoms with Gasteiger partial charge in [0, 0.05) is 18.9 Å². The number of hydrogen-bond donors (Lipinski definition) is 2. The van der Waals surface area contributed by atoms with Crippen LogP contribution < -0.4 is 11.1 Å². The molecule has 2 rings (SSSR count). The van der Waals surface area contributed by atoms with Crippen molar-refractivity contribution in [1.29, 1.82) is 0 Å². The van der Waals surface area contributed by atoms with Crippen LogP contribution >= 0.6 is 0 Å². The Balaban J connectivity index is 1.62. The first kappa shape index (κ1) is 14.3. The molecule has 2 aliphatic rings. The Morgan fingerprint density at radius 3 is 3.05 bits per heavy atom. The molecule has 0 bridgehead atoms. The quantitative estimate of drug-likeness (QED) is 0.640. The highest BCUT2D eigenvalue weighted by atomic mass is 16.6. The first-order valence-electron chi connectivity index (χ1n) is 6.54. The summed E-state index contributed by atoms with van der Waals surface area (Å²) >= 11 is 0. The van der Waals surface area contributed by atoms with Gasteiger partial charge in [0.25, 0.3) is 0 Å². The van der Waals surface area contributed by atoms with Gasteiger partial charge in [-0.25, -0.2) is 0 Å². The molecule has 0 radical (unpaired) electrons. The predicted molar refractivity (Wildman–Crippen MR) is 70.3 cm³/mol. The van der Waals surface area contributed by atoms with Crippen LogP contribution in [0.25, 0.3) is 0 Å². The number of methoxy groups -OCH3 is 1. The van der Waals surface area contributed by atoms with Crippen molar-refractivity contribution in [2.75, 3.05) is 40.1 Å². The number of allylic oxidation sites excluding steroid dienone is 1. The van der Waals surface area contributed by atoms with Crippen LogP contribution in [0.15, 0.2) is 23.6 Å². The molecule has 1 saturated heterocycles. The summed E-state index contributed by atoms with van der Waals surface area (Å²) in [5.74, 6) is 0.899. The molecule has 19 heavy (non-hydrogen) atoms. The molecular weight excluding hydrogens is 248 g/mol. The van der Waals surface area contributed by atoms with Gasteiger partial charge >= 0.3 is 0 Å². The zero-order valence-electron chi connectivity index (χ0n) is 11.3. The highest BCUT2D eigenvalue weighted by molar-refractivity contribution is 5.27. The van der Waals surface area contributed by atoms with E-state index in [0.717, 1.165) is 17.9 Å². The van der Waals surface area contributed by atoms with Gasteiger partial charge in [0.15, 0.2) is 0 Å². The SMILES string of the molecule is COCCOCCO[C@H]1COC2=CC(N)=CCC2N1. The standard InChI is InChI=1S/C13H22N2O4/c1-16-4-5-17-6-7-18-13-9-19-12-8-10(14)2-3-11(12)15-13/h2,8,11,13,15H,3-7,9,14H2,1H3/t11?,13-/m0/s1. The molecule has 108 valence electrons. The molecule has 0 aromatic rings. The van der Waals surface area contributed by atoms with Crippen LogP contribution in [0.3, 0.4) is 0 Å². The minimum absolute atomic E-state index is 0.0964. The van der Waals surface area contributed by atoms with Crippen molar-refractivity contribution in [1.82, 2.24) is 5.32 Å². The number of fused-ring (bicyclic) bond motifs is 1. The van der Waals surface area contributed by atoms with Gasteiger partial charge < -0.3 is 24.7 Å². The summed E-state index contributed by atoms with van der Waals surface area (Å²) < 4.78 is 21.5. The summed E-state index contributed by atoms with van der Waals surface area (Å²) in [5.41, 5.74) is 6.50. The molecule has 1 aliphatic heterocycles. The van der Waals surface area contributed by atoms with Crippen LogP contribution in [-0.4, -0.2) is 52.4 Å². The number of hydrogen-bond acceptors (Lipinski definition) is 6. The molecule has 0 amide bonds. The third-order valence-electron chi connectivity index (χ3n) is 3.01. The Hall–Kier alpha value is -1.08. The van der Waals surface area contributed by atoms with Gasteiger partial charge in [-0.1, -0.05) is 6.08 Å². The van der Waals surface area contributed by atoms with Crippen molar-refractivity contribution in [2.24, 2.45) is 5.73 Å². The lowest BCUT2D eigenvalue weighted by Crippen LogP contribution is -2.49. The van der Waals surface area contributed by atoms with E-state index < -0.39 is 0 Å². The Kier molecular flexibility index (Phi) is 5.65. The Labute approximate surface area is 113 Å². The number of ether oxygens (including phenoxy) is 4. The van der Waals surface area contributed by atoms with Crippen molar-refractivity contribution in [2.45, 2.75) is 18.7 Å². The van der Waals surface area contributed by atoms with Crippen LogP contribution in [0.4, 0.5) is 0 Å². The van der Waals surface area contributed by atoms with Crippen molar-refractivity contribution in [3.8, 4) is 0 Å². The van der Waals surface area contributed by atoms with Gasteiger partial charge in [0.1, 0.15) is 18.6 Å². The first-order valence-corrected chi connectivity index (χ1v) is 6.54. The summed E-state index contributed by atoms with van der Waals surface area (Å²) in [4.78, 5) is 0. The molecule has 1 aliphatic carbocycles. The van der Waals surface area contributed by atoms with Crippen LogP contribution in [0, 0.1) is 0 Å². The fraction of sp³-hybridized carbons (Fsp3) is 0.692.